The lowest BCUT2D eigenvalue weighted by atomic mass is 10.1. The van der Waals surface area contributed by atoms with Crippen LogP contribution in [0.5, 0.6) is 0 Å². The van der Waals surface area contributed by atoms with E-state index in [9.17, 15) is 8.78 Å². The molecule has 0 aliphatic heterocycles. The maximum Gasteiger partial charge on any atom is 0.126 e. The fraction of sp³-hybridized carbons (Fsp3) is 0.294. The van der Waals surface area contributed by atoms with E-state index in [2.05, 4.69) is 10.2 Å². The highest BCUT2D eigenvalue weighted by Crippen LogP contribution is 2.24. The van der Waals surface area contributed by atoms with Gasteiger partial charge in [-0.3, -0.25) is 0 Å². The Kier molecular flexibility index (Phi) is 4.91. The molecule has 2 aromatic carbocycles. The summed E-state index contributed by atoms with van der Waals surface area (Å²) in [5.41, 5.74) is 2.71. The third-order valence-corrected chi connectivity index (χ3v) is 3.26. The Bertz CT molecular complexity index is 591. The fourth-order valence-corrected chi connectivity index (χ4v) is 2.28. The number of para-hydroxylation sites is 1. The topological polar surface area (TPSA) is 15.3 Å². The van der Waals surface area contributed by atoms with E-state index < -0.39 is 11.6 Å². The summed E-state index contributed by atoms with van der Waals surface area (Å²) in [6, 6.07) is 11.4. The molecule has 4 heteroatoms. The second-order valence-electron chi connectivity index (χ2n) is 5.46. The number of hydrogen-bond acceptors (Lipinski definition) is 2. The normalized spacial score (nSPS) is 12.5. The Balaban J connectivity index is 2.21. The molecular formula is C17H20F2N2. The van der Waals surface area contributed by atoms with Gasteiger partial charge in [0.05, 0.1) is 0 Å². The average Bonchev–Trinajstić information content (AvgIpc) is 2.39. The van der Waals surface area contributed by atoms with Crippen LogP contribution in [-0.4, -0.2) is 19.0 Å². The van der Waals surface area contributed by atoms with Crippen molar-refractivity contribution in [3.63, 3.8) is 0 Å². The number of anilines is 1. The lowest BCUT2D eigenvalue weighted by Gasteiger charge is -2.20. The molecule has 2 aromatic rings. The van der Waals surface area contributed by atoms with Gasteiger partial charge in [-0.15, -0.1) is 0 Å². The first-order valence-electron chi connectivity index (χ1n) is 6.91. The number of benzene rings is 2. The van der Waals surface area contributed by atoms with Crippen LogP contribution in [0.4, 0.5) is 14.5 Å². The van der Waals surface area contributed by atoms with Crippen LogP contribution in [0.1, 0.15) is 24.1 Å². The first-order chi connectivity index (χ1) is 9.95. The molecule has 0 spiro atoms. The van der Waals surface area contributed by atoms with Crippen molar-refractivity contribution in [2.75, 3.05) is 19.4 Å². The van der Waals surface area contributed by atoms with Crippen LogP contribution in [-0.2, 0) is 6.54 Å². The van der Waals surface area contributed by atoms with E-state index in [1.807, 2.05) is 45.3 Å². The summed E-state index contributed by atoms with van der Waals surface area (Å²) in [6.45, 7) is 2.69. The van der Waals surface area contributed by atoms with Gasteiger partial charge < -0.3 is 10.2 Å². The molecule has 0 saturated heterocycles. The molecule has 0 saturated carbocycles. The van der Waals surface area contributed by atoms with Gasteiger partial charge in [-0.2, -0.15) is 0 Å². The minimum Gasteiger partial charge on any atom is -0.378 e. The van der Waals surface area contributed by atoms with Crippen molar-refractivity contribution in [1.29, 1.82) is 0 Å². The van der Waals surface area contributed by atoms with Crippen molar-refractivity contribution < 1.29 is 8.78 Å². The fourth-order valence-electron chi connectivity index (χ4n) is 2.28. The van der Waals surface area contributed by atoms with E-state index in [1.54, 1.807) is 0 Å². The molecule has 1 N–H and O–H groups in total. The van der Waals surface area contributed by atoms with Crippen LogP contribution < -0.4 is 5.32 Å². The summed E-state index contributed by atoms with van der Waals surface area (Å²) in [6.07, 6.45) is 0. The molecule has 2 rings (SSSR count). The molecule has 0 aromatic heterocycles. The van der Waals surface area contributed by atoms with Crippen molar-refractivity contribution in [2.45, 2.75) is 19.5 Å². The molecule has 2 nitrogen and oxygen atoms in total. The lowest BCUT2D eigenvalue weighted by Crippen LogP contribution is -2.14. The van der Waals surface area contributed by atoms with Gasteiger partial charge in [-0.05, 0) is 50.3 Å². The number of halogens is 2. The van der Waals surface area contributed by atoms with Crippen molar-refractivity contribution in [3.8, 4) is 0 Å². The maximum absolute atomic E-state index is 13.3. The summed E-state index contributed by atoms with van der Waals surface area (Å²) in [5, 5.41) is 3.33. The van der Waals surface area contributed by atoms with Gasteiger partial charge in [0.25, 0.3) is 0 Å². The third kappa shape index (κ3) is 4.26. The minimum absolute atomic E-state index is 0.182. The highest BCUT2D eigenvalue weighted by Gasteiger charge is 2.11. The monoisotopic (exact) mass is 290 g/mol. The predicted molar refractivity (Wildman–Crippen MR) is 82.2 cm³/mol. The molecule has 0 aliphatic rings. The van der Waals surface area contributed by atoms with Crippen molar-refractivity contribution in [3.05, 3.63) is 65.2 Å². The molecule has 21 heavy (non-hydrogen) atoms. The van der Waals surface area contributed by atoms with Gasteiger partial charge in [0.1, 0.15) is 11.6 Å². The highest BCUT2D eigenvalue weighted by molar-refractivity contribution is 5.52. The lowest BCUT2D eigenvalue weighted by molar-refractivity contribution is 0.403. The number of hydrogen-bond donors (Lipinski definition) is 1. The summed E-state index contributed by atoms with van der Waals surface area (Å²) >= 11 is 0. The Morgan fingerprint density at radius 1 is 1.05 bits per heavy atom. The van der Waals surface area contributed by atoms with E-state index in [1.165, 1.54) is 12.1 Å². The molecule has 0 heterocycles. The summed E-state index contributed by atoms with van der Waals surface area (Å²) in [4.78, 5) is 2.08. The van der Waals surface area contributed by atoms with E-state index in [0.717, 1.165) is 23.9 Å². The molecule has 112 valence electrons. The van der Waals surface area contributed by atoms with Gasteiger partial charge in [0.2, 0.25) is 0 Å². The highest BCUT2D eigenvalue weighted by atomic mass is 19.1. The minimum atomic E-state index is -0.555. The zero-order valence-electron chi connectivity index (χ0n) is 12.5. The van der Waals surface area contributed by atoms with E-state index in [4.69, 9.17) is 0 Å². The maximum atomic E-state index is 13.3. The van der Waals surface area contributed by atoms with E-state index in [-0.39, 0.29) is 6.04 Å². The Morgan fingerprint density at radius 2 is 1.67 bits per heavy atom. The average molecular weight is 290 g/mol. The van der Waals surface area contributed by atoms with Crippen molar-refractivity contribution in [1.82, 2.24) is 4.90 Å². The summed E-state index contributed by atoms with van der Waals surface area (Å²) in [5.74, 6) is -1.11. The van der Waals surface area contributed by atoms with Gasteiger partial charge in [0.15, 0.2) is 0 Å². The molecule has 1 atom stereocenters. The largest absolute Gasteiger partial charge is 0.378 e. The Morgan fingerprint density at radius 3 is 2.29 bits per heavy atom. The van der Waals surface area contributed by atoms with Crippen molar-refractivity contribution >= 4 is 5.69 Å². The van der Waals surface area contributed by atoms with Crippen LogP contribution in [0.3, 0.4) is 0 Å². The first kappa shape index (κ1) is 15.4. The van der Waals surface area contributed by atoms with Crippen LogP contribution in [0, 0.1) is 11.6 Å². The predicted octanol–water partition coefficient (Wildman–Crippen LogP) is 4.20. The van der Waals surface area contributed by atoms with Gasteiger partial charge in [-0.25, -0.2) is 8.78 Å². The Labute approximate surface area is 124 Å². The van der Waals surface area contributed by atoms with Crippen molar-refractivity contribution in [2.24, 2.45) is 0 Å². The molecule has 0 radical (unpaired) electrons. The smallest absolute Gasteiger partial charge is 0.126 e. The van der Waals surface area contributed by atoms with Gasteiger partial charge >= 0.3 is 0 Å². The van der Waals surface area contributed by atoms with Crippen LogP contribution >= 0.6 is 0 Å². The first-order valence-corrected chi connectivity index (χ1v) is 6.91. The van der Waals surface area contributed by atoms with Gasteiger partial charge in [0, 0.05) is 24.3 Å². The quantitative estimate of drug-likeness (QED) is 0.888. The standard InChI is InChI=1S/C17H20F2N2/c1-12(14-8-15(18)10-16(19)9-14)20-17-7-5-4-6-13(17)11-21(2)3/h4-10,12,20H,11H2,1-3H3. The molecular weight excluding hydrogens is 270 g/mol. The summed E-state index contributed by atoms with van der Waals surface area (Å²) in [7, 11) is 4.00. The number of nitrogens with one attached hydrogen (secondary N) is 1. The second kappa shape index (κ2) is 6.68. The molecule has 0 fully saturated rings. The Hall–Kier alpha value is -1.94. The summed E-state index contributed by atoms with van der Waals surface area (Å²) < 4.78 is 26.6. The molecule has 0 aliphatic carbocycles. The second-order valence-corrected chi connectivity index (χ2v) is 5.46. The molecule has 0 bridgehead atoms. The molecule has 1 unspecified atom stereocenters. The third-order valence-electron chi connectivity index (χ3n) is 3.26. The SMILES string of the molecule is CC(Nc1ccccc1CN(C)C)c1cc(F)cc(F)c1. The molecule has 0 amide bonds. The van der Waals surface area contributed by atoms with Crippen LogP contribution in [0.2, 0.25) is 0 Å². The van der Waals surface area contributed by atoms with E-state index in [0.29, 0.717) is 5.56 Å². The van der Waals surface area contributed by atoms with E-state index >= 15 is 0 Å². The zero-order chi connectivity index (χ0) is 15.4. The van der Waals surface area contributed by atoms with Crippen LogP contribution in [0.15, 0.2) is 42.5 Å². The number of nitrogens with zero attached hydrogens (tertiary/aromatic N) is 1. The van der Waals surface area contributed by atoms with Gasteiger partial charge in [-0.1, -0.05) is 18.2 Å². The number of rotatable bonds is 5. The zero-order valence-corrected chi connectivity index (χ0v) is 12.5. The van der Waals surface area contributed by atoms with Crippen LogP contribution in [0.25, 0.3) is 0 Å².